The number of carbonyl (C=O) groups is 2. The van der Waals surface area contributed by atoms with Crippen LogP contribution >= 0.6 is 0 Å². The van der Waals surface area contributed by atoms with Crippen molar-refractivity contribution in [2.24, 2.45) is 0 Å². The number of hydrogen-bond donors (Lipinski definition) is 0. The van der Waals surface area contributed by atoms with E-state index in [1.165, 1.54) is 6.08 Å². The minimum absolute atomic E-state index is 0.116. The third-order valence-electron chi connectivity index (χ3n) is 4.90. The van der Waals surface area contributed by atoms with Gasteiger partial charge in [-0.1, -0.05) is 0 Å². The van der Waals surface area contributed by atoms with Gasteiger partial charge in [-0.25, -0.2) is 4.79 Å². The van der Waals surface area contributed by atoms with E-state index in [9.17, 15) is 9.59 Å². The first-order chi connectivity index (χ1) is 14.4. The maximum absolute atomic E-state index is 12.5. The highest BCUT2D eigenvalue weighted by molar-refractivity contribution is 6.00. The number of ketones is 1. The van der Waals surface area contributed by atoms with Crippen molar-refractivity contribution in [1.29, 1.82) is 0 Å². The molecule has 1 unspecified atom stereocenters. The van der Waals surface area contributed by atoms with Crippen LogP contribution in [0.2, 0.25) is 0 Å². The molecule has 0 fully saturated rings. The highest BCUT2D eigenvalue weighted by Gasteiger charge is 2.28. The second-order valence-electron chi connectivity index (χ2n) is 10.8. The summed E-state index contributed by atoms with van der Waals surface area (Å²) in [6.45, 7) is 20.0. The molecule has 0 aliphatic rings. The normalized spacial score (nSPS) is 14.6. The van der Waals surface area contributed by atoms with Gasteiger partial charge in [0.1, 0.15) is 12.2 Å². The molecule has 0 saturated heterocycles. The van der Waals surface area contributed by atoms with Crippen LogP contribution in [-0.2, 0) is 33.3 Å². The minimum atomic E-state index is -1.06. The number of methoxy groups -OCH3 is 1. The predicted molar refractivity (Wildman–Crippen MR) is 126 cm³/mol. The van der Waals surface area contributed by atoms with Crippen LogP contribution in [0.15, 0.2) is 12.2 Å². The number of hydrogen-bond acceptors (Lipinski definition) is 7. The molecule has 32 heavy (non-hydrogen) atoms. The fraction of sp³-hybridized carbons (Fsp3) is 0.840. The Morgan fingerprint density at radius 2 is 1.34 bits per heavy atom. The Kier molecular flexibility index (Phi) is 12.3. The molecule has 7 heteroatoms. The van der Waals surface area contributed by atoms with Crippen LogP contribution < -0.4 is 0 Å². The summed E-state index contributed by atoms with van der Waals surface area (Å²) >= 11 is 0. The van der Waals surface area contributed by atoms with E-state index in [1.54, 1.807) is 21.0 Å². The van der Waals surface area contributed by atoms with E-state index in [-0.39, 0.29) is 29.7 Å². The molecular weight excluding hydrogens is 412 g/mol. The molecule has 0 heterocycles. The summed E-state index contributed by atoms with van der Waals surface area (Å²) in [7, 11) is 1.69. The predicted octanol–water partition coefficient (Wildman–Crippen LogP) is 4.65. The van der Waals surface area contributed by atoms with Gasteiger partial charge in [0.25, 0.3) is 0 Å². The van der Waals surface area contributed by atoms with Crippen molar-refractivity contribution in [3.05, 3.63) is 12.2 Å². The summed E-state index contributed by atoms with van der Waals surface area (Å²) in [6.07, 6.45) is 3.48. The minimum Gasteiger partial charge on any atom is -0.460 e. The van der Waals surface area contributed by atoms with Crippen molar-refractivity contribution in [1.82, 2.24) is 0 Å². The Morgan fingerprint density at radius 3 is 1.88 bits per heavy atom. The highest BCUT2D eigenvalue weighted by atomic mass is 16.6. The van der Waals surface area contributed by atoms with Crippen LogP contribution in [0.3, 0.4) is 0 Å². The smallest absolute Gasteiger partial charge is 0.330 e. The molecule has 0 saturated carbocycles. The van der Waals surface area contributed by atoms with Crippen LogP contribution in [0, 0.1) is 0 Å². The average molecular weight is 459 g/mol. The molecule has 0 N–H and O–H groups in total. The van der Waals surface area contributed by atoms with Crippen molar-refractivity contribution in [2.75, 3.05) is 26.9 Å². The van der Waals surface area contributed by atoms with Crippen molar-refractivity contribution in [3.63, 3.8) is 0 Å². The molecule has 0 aliphatic carbocycles. The van der Waals surface area contributed by atoms with E-state index in [1.807, 2.05) is 55.4 Å². The van der Waals surface area contributed by atoms with E-state index >= 15 is 0 Å². The lowest BCUT2D eigenvalue weighted by Gasteiger charge is -2.30. The van der Waals surface area contributed by atoms with E-state index < -0.39 is 17.2 Å². The monoisotopic (exact) mass is 458 g/mol. The second kappa shape index (κ2) is 12.8. The van der Waals surface area contributed by atoms with Crippen LogP contribution in [-0.4, -0.2) is 67.2 Å². The molecule has 7 nitrogen and oxygen atoms in total. The number of rotatable bonds is 15. The number of carbonyl (C=O) groups excluding carboxylic acids is 2. The molecule has 188 valence electrons. The third-order valence-corrected chi connectivity index (χ3v) is 4.90. The fourth-order valence-electron chi connectivity index (χ4n) is 2.60. The molecule has 0 bridgehead atoms. The van der Waals surface area contributed by atoms with Gasteiger partial charge >= 0.3 is 5.97 Å². The number of ether oxygens (including phenoxy) is 5. The molecular formula is C25H46O7. The molecule has 0 radical (unpaired) electrons. The summed E-state index contributed by atoms with van der Waals surface area (Å²) in [6, 6.07) is 0. The van der Waals surface area contributed by atoms with Gasteiger partial charge in [-0.3, -0.25) is 4.79 Å². The van der Waals surface area contributed by atoms with E-state index in [0.29, 0.717) is 19.6 Å². The van der Waals surface area contributed by atoms with Crippen LogP contribution in [0.25, 0.3) is 0 Å². The zero-order chi connectivity index (χ0) is 25.2. The Labute approximate surface area is 195 Å². The van der Waals surface area contributed by atoms with Gasteiger partial charge < -0.3 is 23.7 Å². The SMILES string of the molecule is COC(C)(C)CCOC(C)(C)CCOC(C)(C)C(=O)/C=C/C(=O)OCC(C)OC(C)(C)C. The summed E-state index contributed by atoms with van der Waals surface area (Å²) in [5.74, 6) is -0.902. The lowest BCUT2D eigenvalue weighted by molar-refractivity contribution is -0.146. The zero-order valence-electron chi connectivity index (χ0n) is 22.1. The first kappa shape index (κ1) is 30.7. The van der Waals surface area contributed by atoms with Crippen LogP contribution in [0.4, 0.5) is 0 Å². The van der Waals surface area contributed by atoms with Crippen molar-refractivity contribution >= 4 is 11.8 Å². The van der Waals surface area contributed by atoms with Gasteiger partial charge in [0.2, 0.25) is 0 Å². The van der Waals surface area contributed by atoms with E-state index in [2.05, 4.69) is 0 Å². The topological polar surface area (TPSA) is 80.3 Å². The first-order valence-electron chi connectivity index (χ1n) is 11.3. The lowest BCUT2D eigenvalue weighted by Crippen LogP contribution is -2.37. The van der Waals surface area contributed by atoms with Gasteiger partial charge in [0.05, 0.1) is 36.1 Å². The number of esters is 1. The summed E-state index contributed by atoms with van der Waals surface area (Å²) in [4.78, 5) is 24.4. The standard InChI is InChI=1S/C25H46O7/c1-19(32-22(2,3)4)18-29-21(27)13-12-20(26)25(9,10)31-17-15-24(7,8)30-16-14-23(5,6)28-11/h12-13,19H,14-18H2,1-11H3/b13-12+. The molecule has 0 aromatic carbocycles. The quantitative estimate of drug-likeness (QED) is 0.261. The average Bonchev–Trinajstić information content (AvgIpc) is 2.62. The van der Waals surface area contributed by atoms with Gasteiger partial charge in [0.15, 0.2) is 5.78 Å². The maximum Gasteiger partial charge on any atom is 0.330 e. The van der Waals surface area contributed by atoms with E-state index in [0.717, 1.165) is 12.5 Å². The Bertz CT molecular complexity index is 612. The molecule has 0 amide bonds. The third kappa shape index (κ3) is 14.7. The van der Waals surface area contributed by atoms with Crippen LogP contribution in [0.5, 0.6) is 0 Å². The van der Waals surface area contributed by atoms with Crippen molar-refractivity contribution < 1.29 is 33.3 Å². The zero-order valence-corrected chi connectivity index (χ0v) is 22.1. The summed E-state index contributed by atoms with van der Waals surface area (Å²) in [5.41, 5.74) is -2.01. The summed E-state index contributed by atoms with van der Waals surface area (Å²) in [5, 5.41) is 0. The molecule has 1 atom stereocenters. The first-order valence-corrected chi connectivity index (χ1v) is 11.3. The van der Waals surface area contributed by atoms with Gasteiger partial charge in [-0.05, 0) is 88.2 Å². The maximum atomic E-state index is 12.5. The van der Waals surface area contributed by atoms with Gasteiger partial charge in [-0.2, -0.15) is 0 Å². The molecule has 0 spiro atoms. The lowest BCUT2D eigenvalue weighted by atomic mass is 10.0. The largest absolute Gasteiger partial charge is 0.460 e. The molecule has 0 aromatic heterocycles. The van der Waals surface area contributed by atoms with Crippen molar-refractivity contribution in [2.45, 2.75) is 111 Å². The van der Waals surface area contributed by atoms with Crippen LogP contribution in [0.1, 0.15) is 82.1 Å². The van der Waals surface area contributed by atoms with Crippen molar-refractivity contribution in [3.8, 4) is 0 Å². The molecule has 0 rings (SSSR count). The summed E-state index contributed by atoms with van der Waals surface area (Å²) < 4.78 is 28.0. The highest BCUT2D eigenvalue weighted by Crippen LogP contribution is 2.21. The Balaban J connectivity index is 4.44. The van der Waals surface area contributed by atoms with Gasteiger partial charge in [-0.15, -0.1) is 0 Å². The molecule has 0 aliphatic heterocycles. The Morgan fingerprint density at radius 1 is 0.812 bits per heavy atom. The fourth-order valence-corrected chi connectivity index (χ4v) is 2.60. The second-order valence-corrected chi connectivity index (χ2v) is 10.8. The Hall–Kier alpha value is -1.28. The van der Waals surface area contributed by atoms with E-state index in [4.69, 9.17) is 23.7 Å². The van der Waals surface area contributed by atoms with Gasteiger partial charge in [0, 0.05) is 13.2 Å². The molecule has 0 aromatic rings.